The summed E-state index contributed by atoms with van der Waals surface area (Å²) in [7, 11) is 0. The quantitative estimate of drug-likeness (QED) is 0.722. The van der Waals surface area contributed by atoms with Gasteiger partial charge in [-0.15, -0.1) is 0 Å². The van der Waals surface area contributed by atoms with Gasteiger partial charge in [0.05, 0.1) is 5.56 Å². The molecule has 0 radical (unpaired) electrons. The molecule has 0 aliphatic rings. The summed E-state index contributed by atoms with van der Waals surface area (Å²) >= 11 is 0. The number of ketones is 1. The molecule has 3 N–H and O–H groups in total. The highest BCUT2D eigenvalue weighted by Gasteiger charge is 2.11. The molecule has 0 heterocycles. The second-order valence-electron chi connectivity index (χ2n) is 3.26. The maximum Gasteiger partial charge on any atom is 0.164 e. The number of nitrogens with two attached hydrogens (primary N) is 1. The number of nitrogens with zero attached hydrogens (tertiary/aromatic N) is 1. The number of phenols is 1. The van der Waals surface area contributed by atoms with Gasteiger partial charge in [0.2, 0.25) is 0 Å². The number of aromatic hydroxyl groups is 1. The van der Waals surface area contributed by atoms with E-state index in [1.807, 2.05) is 6.07 Å². The highest BCUT2D eigenvalue weighted by molar-refractivity contribution is 5.97. The first kappa shape index (κ1) is 11.2. The molecule has 0 aliphatic heterocycles. The van der Waals surface area contributed by atoms with Gasteiger partial charge in [-0.3, -0.25) is 4.79 Å². The van der Waals surface area contributed by atoms with Crippen molar-refractivity contribution in [2.75, 3.05) is 6.54 Å². The number of benzene rings is 1. The lowest BCUT2D eigenvalue weighted by Crippen LogP contribution is -2.08. The molecule has 0 aromatic heterocycles. The van der Waals surface area contributed by atoms with E-state index in [0.29, 0.717) is 11.1 Å². The molecule has 0 bridgehead atoms. The highest BCUT2D eigenvalue weighted by Crippen LogP contribution is 2.23. The molecule has 0 unspecified atom stereocenters. The van der Waals surface area contributed by atoms with Gasteiger partial charge >= 0.3 is 0 Å². The predicted molar refractivity (Wildman–Crippen MR) is 55.6 cm³/mol. The van der Waals surface area contributed by atoms with Crippen molar-refractivity contribution in [1.82, 2.24) is 0 Å². The Morgan fingerprint density at radius 3 is 2.80 bits per heavy atom. The first-order valence-electron chi connectivity index (χ1n) is 4.57. The Balaban J connectivity index is 3.18. The standard InChI is InChI=1S/C11H12N2O2/c1-7-4-8(10(14)2-3-12)5-9(6-13)11(7)15/h4-5,15H,2-3,12H2,1H3. The van der Waals surface area contributed by atoms with Crippen LogP contribution in [-0.4, -0.2) is 17.4 Å². The molecule has 0 spiro atoms. The van der Waals surface area contributed by atoms with Crippen molar-refractivity contribution >= 4 is 5.78 Å². The van der Waals surface area contributed by atoms with Crippen molar-refractivity contribution in [3.63, 3.8) is 0 Å². The molecule has 0 aliphatic carbocycles. The second kappa shape index (κ2) is 4.58. The number of phenolic OH excluding ortho intramolecular Hbond substituents is 1. The summed E-state index contributed by atoms with van der Waals surface area (Å²) in [6.07, 6.45) is 0.245. The van der Waals surface area contributed by atoms with Crippen molar-refractivity contribution in [2.24, 2.45) is 5.73 Å². The van der Waals surface area contributed by atoms with E-state index in [-0.39, 0.29) is 30.1 Å². The first-order valence-corrected chi connectivity index (χ1v) is 4.57. The predicted octanol–water partition coefficient (Wildman–Crippen LogP) is 1.10. The number of Topliss-reactive ketones (excluding diaryl/α,β-unsaturated/α-hetero) is 1. The van der Waals surface area contributed by atoms with Crippen molar-refractivity contribution in [2.45, 2.75) is 13.3 Å². The maximum atomic E-state index is 11.5. The fourth-order valence-electron chi connectivity index (χ4n) is 1.30. The minimum atomic E-state index is -0.114. The van der Waals surface area contributed by atoms with Crippen LogP contribution in [0, 0.1) is 18.3 Å². The van der Waals surface area contributed by atoms with Crippen LogP contribution >= 0.6 is 0 Å². The van der Waals surface area contributed by atoms with Crippen molar-refractivity contribution < 1.29 is 9.90 Å². The van der Waals surface area contributed by atoms with Gasteiger partial charge in [0.1, 0.15) is 11.8 Å². The zero-order valence-electron chi connectivity index (χ0n) is 8.45. The molecular weight excluding hydrogens is 192 g/mol. The fraction of sp³-hybridized carbons (Fsp3) is 0.273. The minimum absolute atomic E-state index is 0.0678. The second-order valence-corrected chi connectivity index (χ2v) is 3.26. The van der Waals surface area contributed by atoms with E-state index >= 15 is 0 Å². The van der Waals surface area contributed by atoms with Crippen LogP contribution in [0.2, 0.25) is 0 Å². The zero-order chi connectivity index (χ0) is 11.4. The van der Waals surface area contributed by atoms with Crippen LogP contribution in [0.25, 0.3) is 0 Å². The van der Waals surface area contributed by atoms with Gasteiger partial charge < -0.3 is 10.8 Å². The lowest BCUT2D eigenvalue weighted by Gasteiger charge is -2.05. The highest BCUT2D eigenvalue weighted by atomic mass is 16.3. The molecule has 0 amide bonds. The van der Waals surface area contributed by atoms with E-state index in [0.717, 1.165) is 0 Å². The largest absolute Gasteiger partial charge is 0.506 e. The van der Waals surface area contributed by atoms with Gasteiger partial charge in [-0.25, -0.2) is 0 Å². The van der Waals surface area contributed by atoms with Crippen LogP contribution in [0.4, 0.5) is 0 Å². The smallest absolute Gasteiger partial charge is 0.164 e. The molecule has 78 valence electrons. The van der Waals surface area contributed by atoms with Gasteiger partial charge in [-0.2, -0.15) is 5.26 Å². The molecule has 4 heteroatoms. The Kier molecular flexibility index (Phi) is 3.42. The molecule has 15 heavy (non-hydrogen) atoms. The number of carbonyl (C=O) groups excluding carboxylic acids is 1. The summed E-state index contributed by atoms with van der Waals surface area (Å²) in [5, 5.41) is 18.2. The number of nitriles is 1. The van der Waals surface area contributed by atoms with Crippen molar-refractivity contribution in [3.8, 4) is 11.8 Å². The van der Waals surface area contributed by atoms with Gasteiger partial charge in [-0.05, 0) is 31.2 Å². The topological polar surface area (TPSA) is 87.1 Å². The Labute approximate surface area is 87.9 Å². The number of aryl methyl sites for hydroxylation is 1. The molecule has 0 fully saturated rings. The summed E-state index contributed by atoms with van der Waals surface area (Å²) < 4.78 is 0. The lowest BCUT2D eigenvalue weighted by molar-refractivity contribution is 0.0985. The lowest BCUT2D eigenvalue weighted by atomic mass is 10.0. The molecule has 0 saturated heterocycles. The number of hydrogen-bond donors (Lipinski definition) is 2. The van der Waals surface area contributed by atoms with E-state index in [1.165, 1.54) is 6.07 Å². The van der Waals surface area contributed by atoms with Gasteiger partial charge in [0, 0.05) is 12.0 Å². The minimum Gasteiger partial charge on any atom is -0.506 e. The SMILES string of the molecule is Cc1cc(C(=O)CCN)cc(C#N)c1O. The molecule has 0 atom stereocenters. The molecule has 1 aromatic carbocycles. The average Bonchev–Trinajstić information content (AvgIpc) is 2.22. The fourth-order valence-corrected chi connectivity index (χ4v) is 1.30. The van der Waals surface area contributed by atoms with E-state index in [1.54, 1.807) is 13.0 Å². The van der Waals surface area contributed by atoms with Crippen LogP contribution in [-0.2, 0) is 0 Å². The Bertz CT molecular complexity index is 433. The van der Waals surface area contributed by atoms with Crippen molar-refractivity contribution in [3.05, 3.63) is 28.8 Å². The van der Waals surface area contributed by atoms with Gasteiger partial charge in [-0.1, -0.05) is 0 Å². The summed E-state index contributed by atoms with van der Waals surface area (Å²) in [6, 6.07) is 4.79. The molecule has 1 aromatic rings. The van der Waals surface area contributed by atoms with Crippen LogP contribution in [0.3, 0.4) is 0 Å². The molecule has 1 rings (SSSR count). The Hall–Kier alpha value is -1.86. The summed E-state index contributed by atoms with van der Waals surface area (Å²) in [5.74, 6) is -0.182. The molecule has 4 nitrogen and oxygen atoms in total. The van der Waals surface area contributed by atoms with E-state index in [4.69, 9.17) is 11.0 Å². The monoisotopic (exact) mass is 204 g/mol. The normalized spacial score (nSPS) is 9.67. The van der Waals surface area contributed by atoms with Crippen LogP contribution in [0.1, 0.15) is 27.9 Å². The Morgan fingerprint density at radius 2 is 2.27 bits per heavy atom. The summed E-state index contributed by atoms with van der Waals surface area (Å²) in [6.45, 7) is 1.93. The van der Waals surface area contributed by atoms with E-state index in [9.17, 15) is 9.90 Å². The van der Waals surface area contributed by atoms with E-state index < -0.39 is 0 Å². The Morgan fingerprint density at radius 1 is 1.60 bits per heavy atom. The number of hydrogen-bond acceptors (Lipinski definition) is 4. The first-order chi connectivity index (χ1) is 7.10. The van der Waals surface area contributed by atoms with Gasteiger partial charge in [0.25, 0.3) is 0 Å². The average molecular weight is 204 g/mol. The maximum absolute atomic E-state index is 11.5. The van der Waals surface area contributed by atoms with Crippen LogP contribution in [0.15, 0.2) is 12.1 Å². The zero-order valence-corrected chi connectivity index (χ0v) is 8.45. The molecular formula is C11H12N2O2. The summed E-state index contributed by atoms with van der Waals surface area (Å²) in [4.78, 5) is 11.5. The van der Waals surface area contributed by atoms with Crippen molar-refractivity contribution in [1.29, 1.82) is 5.26 Å². The molecule has 0 saturated carbocycles. The third kappa shape index (κ3) is 2.33. The number of carbonyl (C=O) groups is 1. The van der Waals surface area contributed by atoms with Crippen LogP contribution < -0.4 is 5.73 Å². The third-order valence-corrected chi connectivity index (χ3v) is 2.11. The van der Waals surface area contributed by atoms with E-state index in [2.05, 4.69) is 0 Å². The van der Waals surface area contributed by atoms with Crippen LogP contribution in [0.5, 0.6) is 5.75 Å². The summed E-state index contributed by atoms with van der Waals surface area (Å²) in [5.41, 5.74) is 6.34. The van der Waals surface area contributed by atoms with Gasteiger partial charge in [0.15, 0.2) is 5.78 Å². The number of rotatable bonds is 3. The third-order valence-electron chi connectivity index (χ3n) is 2.11.